The van der Waals surface area contributed by atoms with E-state index in [1.54, 1.807) is 0 Å². The van der Waals surface area contributed by atoms with Crippen LogP contribution in [0.4, 0.5) is 0 Å². The maximum Gasteiger partial charge on any atom is 0.372 e. The van der Waals surface area contributed by atoms with Gasteiger partial charge in [0.2, 0.25) is 0 Å². The van der Waals surface area contributed by atoms with Gasteiger partial charge < -0.3 is 0 Å². The SMILES string of the molecule is Cc1ccccc1C1=NC2=[N+]3NC(=C1)C23. The molecule has 3 heterocycles. The van der Waals surface area contributed by atoms with Crippen molar-refractivity contribution in [3.8, 4) is 0 Å². The molecule has 1 aromatic carbocycles. The third kappa shape index (κ3) is 0.807. The van der Waals surface area contributed by atoms with Crippen LogP contribution in [0, 0.1) is 6.92 Å². The fraction of sp³-hybridized carbons (Fsp3) is 0.167. The molecule has 1 unspecified atom stereocenters. The number of aryl methyl sites for hydroxylation is 1. The van der Waals surface area contributed by atoms with Gasteiger partial charge in [0.1, 0.15) is 5.70 Å². The minimum absolute atomic E-state index is 0.498. The van der Waals surface area contributed by atoms with E-state index < -0.39 is 0 Å². The third-order valence-corrected chi connectivity index (χ3v) is 3.17. The Morgan fingerprint density at radius 1 is 1.33 bits per heavy atom. The van der Waals surface area contributed by atoms with Gasteiger partial charge >= 0.3 is 5.84 Å². The van der Waals surface area contributed by atoms with E-state index in [2.05, 4.69) is 52.4 Å². The highest BCUT2D eigenvalue weighted by molar-refractivity contribution is 6.19. The van der Waals surface area contributed by atoms with E-state index in [1.807, 2.05) is 0 Å². The standard InChI is InChI=1S/C12H9N3/c1-7-4-2-3-5-8(7)9-6-10-11-12(13-9)15(11)14-10/h2-6,11H,1H3/p+1. The average Bonchev–Trinajstić information content (AvgIpc) is 2.85. The number of hydrazine groups is 1. The van der Waals surface area contributed by atoms with Crippen LogP contribution in [-0.4, -0.2) is 22.3 Å². The van der Waals surface area contributed by atoms with E-state index in [9.17, 15) is 0 Å². The summed E-state index contributed by atoms with van der Waals surface area (Å²) in [5.41, 5.74) is 8.13. The molecule has 0 amide bonds. The van der Waals surface area contributed by atoms with Gasteiger partial charge in [-0.3, -0.25) is 0 Å². The van der Waals surface area contributed by atoms with Crippen molar-refractivity contribution in [3.05, 3.63) is 47.2 Å². The summed E-state index contributed by atoms with van der Waals surface area (Å²) in [4.78, 5) is 4.63. The molecule has 4 rings (SSSR count). The normalized spacial score (nSPS) is 24.7. The van der Waals surface area contributed by atoms with Crippen LogP contribution in [-0.2, 0) is 0 Å². The molecule has 0 aromatic heterocycles. The smallest absolute Gasteiger partial charge is 0.226 e. The van der Waals surface area contributed by atoms with E-state index in [-0.39, 0.29) is 0 Å². The van der Waals surface area contributed by atoms with E-state index in [4.69, 9.17) is 0 Å². The Bertz CT molecular complexity index is 578. The topological polar surface area (TPSA) is 27.4 Å². The van der Waals surface area contributed by atoms with Gasteiger partial charge in [0, 0.05) is 11.6 Å². The number of allylic oxidation sites excluding steroid dienone is 1. The van der Waals surface area contributed by atoms with Crippen LogP contribution in [0.2, 0.25) is 0 Å². The lowest BCUT2D eigenvalue weighted by Crippen LogP contribution is -2.38. The van der Waals surface area contributed by atoms with Crippen molar-refractivity contribution >= 4 is 11.5 Å². The zero-order valence-electron chi connectivity index (χ0n) is 8.36. The van der Waals surface area contributed by atoms with Crippen molar-refractivity contribution in [3.63, 3.8) is 0 Å². The van der Waals surface area contributed by atoms with Gasteiger partial charge in [-0.15, -0.1) is 4.68 Å². The van der Waals surface area contributed by atoms with Crippen LogP contribution in [0.1, 0.15) is 11.1 Å². The summed E-state index contributed by atoms with van der Waals surface area (Å²) in [6.45, 7) is 2.12. The Morgan fingerprint density at radius 3 is 3.00 bits per heavy atom. The average molecular weight is 196 g/mol. The lowest BCUT2D eigenvalue weighted by Gasteiger charge is -2.12. The summed E-state index contributed by atoms with van der Waals surface area (Å²) in [5.74, 6) is 1.17. The number of nitrogens with one attached hydrogen (secondary N) is 1. The first-order chi connectivity index (χ1) is 7.34. The molecule has 1 fully saturated rings. The van der Waals surface area contributed by atoms with Crippen LogP contribution in [0.25, 0.3) is 0 Å². The zero-order chi connectivity index (χ0) is 9.99. The van der Waals surface area contributed by atoms with Gasteiger partial charge in [0.05, 0.1) is 0 Å². The van der Waals surface area contributed by atoms with Gasteiger partial charge in [-0.05, 0) is 17.5 Å². The number of dihydropyridines is 1. The van der Waals surface area contributed by atoms with Crippen LogP contribution in [0.3, 0.4) is 0 Å². The quantitative estimate of drug-likeness (QED) is 0.666. The van der Waals surface area contributed by atoms with Crippen molar-refractivity contribution in [2.75, 3.05) is 0 Å². The molecular formula is C12H10N3+. The maximum absolute atomic E-state index is 4.63. The first-order valence-electron chi connectivity index (χ1n) is 5.13. The molecule has 1 aromatic rings. The Balaban J connectivity index is 1.87. The molecule has 1 N–H and O–H groups in total. The summed E-state index contributed by atoms with van der Waals surface area (Å²) in [7, 11) is 0. The fourth-order valence-electron chi connectivity index (χ4n) is 2.25. The monoisotopic (exact) mass is 196 g/mol. The van der Waals surface area contributed by atoms with Crippen molar-refractivity contribution in [1.29, 1.82) is 0 Å². The molecular weight excluding hydrogens is 186 g/mol. The third-order valence-electron chi connectivity index (χ3n) is 3.17. The number of hydrogen-bond acceptors (Lipinski definition) is 2. The molecule has 1 saturated heterocycles. The fourth-order valence-corrected chi connectivity index (χ4v) is 2.25. The summed E-state index contributed by atoms with van der Waals surface area (Å²) in [6, 6.07) is 8.87. The Morgan fingerprint density at radius 2 is 2.20 bits per heavy atom. The summed E-state index contributed by atoms with van der Waals surface area (Å²) in [5, 5.41) is 0. The molecule has 72 valence electrons. The van der Waals surface area contributed by atoms with Crippen molar-refractivity contribution in [2.24, 2.45) is 4.99 Å². The second-order valence-electron chi connectivity index (χ2n) is 4.15. The molecule has 0 spiro atoms. The van der Waals surface area contributed by atoms with E-state index in [0.717, 1.165) is 5.71 Å². The van der Waals surface area contributed by atoms with Gasteiger partial charge in [-0.25, -0.2) is 5.43 Å². The van der Waals surface area contributed by atoms with Crippen LogP contribution >= 0.6 is 0 Å². The number of amidine groups is 1. The van der Waals surface area contributed by atoms with Crippen LogP contribution in [0.15, 0.2) is 41.0 Å². The maximum atomic E-state index is 4.63. The zero-order valence-corrected chi connectivity index (χ0v) is 8.36. The van der Waals surface area contributed by atoms with E-state index >= 15 is 0 Å². The number of hydrogen-bond donors (Lipinski definition) is 1. The molecule has 15 heavy (non-hydrogen) atoms. The number of aliphatic imine (C=N–C) groups is 1. The molecule has 0 radical (unpaired) electrons. The summed E-state index contributed by atoms with van der Waals surface area (Å²) in [6.07, 6.45) is 2.15. The molecule has 0 saturated carbocycles. The Kier molecular flexibility index (Phi) is 1.08. The van der Waals surface area contributed by atoms with Crippen molar-refractivity contribution in [2.45, 2.75) is 13.0 Å². The predicted molar refractivity (Wildman–Crippen MR) is 58.0 cm³/mol. The summed E-state index contributed by atoms with van der Waals surface area (Å²) < 4.78 is 2.09. The molecule has 3 aliphatic heterocycles. The number of rotatable bonds is 1. The highest BCUT2D eigenvalue weighted by Crippen LogP contribution is 2.32. The Labute approximate surface area is 87.4 Å². The molecule has 1 atom stereocenters. The van der Waals surface area contributed by atoms with Crippen LogP contribution < -0.4 is 5.43 Å². The summed E-state index contributed by atoms with van der Waals surface area (Å²) >= 11 is 0. The van der Waals surface area contributed by atoms with Crippen molar-refractivity contribution in [1.82, 2.24) is 5.43 Å². The lowest BCUT2D eigenvalue weighted by molar-refractivity contribution is -0.567. The molecule has 0 bridgehead atoms. The number of hydrazone groups is 1. The van der Waals surface area contributed by atoms with Gasteiger partial charge in [0.15, 0.2) is 5.71 Å². The number of nitrogens with zero attached hydrogens (tertiary/aromatic N) is 2. The number of benzene rings is 1. The van der Waals surface area contributed by atoms with E-state index in [1.165, 1.54) is 22.7 Å². The first kappa shape index (κ1) is 7.40. The van der Waals surface area contributed by atoms with Gasteiger partial charge in [0.25, 0.3) is 6.04 Å². The second-order valence-corrected chi connectivity index (χ2v) is 4.15. The molecule has 0 aliphatic carbocycles. The lowest BCUT2D eigenvalue weighted by atomic mass is 10.0. The van der Waals surface area contributed by atoms with Crippen LogP contribution in [0.5, 0.6) is 0 Å². The van der Waals surface area contributed by atoms with E-state index in [0.29, 0.717) is 6.04 Å². The molecule has 3 aliphatic rings. The molecule has 3 heteroatoms. The highest BCUT2D eigenvalue weighted by atomic mass is 15.6. The van der Waals surface area contributed by atoms with Crippen molar-refractivity contribution < 1.29 is 4.68 Å². The minimum atomic E-state index is 0.498. The first-order valence-corrected chi connectivity index (χ1v) is 5.13. The second kappa shape index (κ2) is 2.19. The predicted octanol–water partition coefficient (Wildman–Crippen LogP) is 0.993. The largest absolute Gasteiger partial charge is 0.372 e. The van der Waals surface area contributed by atoms with Gasteiger partial charge in [-0.1, -0.05) is 24.3 Å². The highest BCUT2D eigenvalue weighted by Gasteiger charge is 2.62. The van der Waals surface area contributed by atoms with Gasteiger partial charge in [-0.2, -0.15) is 0 Å². The Hall–Kier alpha value is -1.90. The molecule has 3 nitrogen and oxygen atoms in total. The minimum Gasteiger partial charge on any atom is -0.226 e.